The molecule has 2 aliphatic rings. The van der Waals surface area contributed by atoms with Crippen LogP contribution in [0.15, 0.2) is 22.7 Å². The third-order valence-corrected chi connectivity index (χ3v) is 5.03. The van der Waals surface area contributed by atoms with Gasteiger partial charge in [0.25, 0.3) is 0 Å². The molecule has 138 valence electrons. The summed E-state index contributed by atoms with van der Waals surface area (Å²) >= 11 is 0. The Balaban J connectivity index is 1.53. The first kappa shape index (κ1) is 16.9. The Labute approximate surface area is 152 Å². The molecule has 1 aromatic carbocycles. The van der Waals surface area contributed by atoms with E-state index in [9.17, 15) is 4.79 Å². The van der Waals surface area contributed by atoms with Gasteiger partial charge in [-0.05, 0) is 37.0 Å². The fourth-order valence-corrected chi connectivity index (χ4v) is 3.49. The number of aromatic nitrogens is 2. The van der Waals surface area contributed by atoms with Crippen molar-refractivity contribution < 1.29 is 18.8 Å². The topological polar surface area (TPSA) is 86.5 Å². The predicted molar refractivity (Wildman–Crippen MR) is 93.5 cm³/mol. The van der Waals surface area contributed by atoms with Crippen molar-refractivity contribution in [2.45, 2.75) is 45.6 Å². The van der Waals surface area contributed by atoms with Crippen molar-refractivity contribution in [1.29, 1.82) is 0 Å². The number of hydrogen-bond acceptors (Lipinski definition) is 6. The van der Waals surface area contributed by atoms with E-state index >= 15 is 0 Å². The van der Waals surface area contributed by atoms with E-state index in [4.69, 9.17) is 14.0 Å². The van der Waals surface area contributed by atoms with Crippen LogP contribution in [-0.4, -0.2) is 22.8 Å². The number of nitrogens with zero attached hydrogens (tertiary/aromatic N) is 2. The summed E-state index contributed by atoms with van der Waals surface area (Å²) in [5, 5.41) is 7.19. The molecule has 1 fully saturated rings. The van der Waals surface area contributed by atoms with Gasteiger partial charge < -0.3 is 19.3 Å². The Morgan fingerprint density at radius 2 is 1.96 bits per heavy atom. The second kappa shape index (κ2) is 6.97. The van der Waals surface area contributed by atoms with E-state index in [-0.39, 0.29) is 30.6 Å². The maximum absolute atomic E-state index is 12.5. The number of carbonyl (C=O) groups excluding carboxylic acids is 1. The van der Waals surface area contributed by atoms with Crippen LogP contribution < -0.4 is 14.8 Å². The van der Waals surface area contributed by atoms with E-state index in [0.717, 1.165) is 31.2 Å². The summed E-state index contributed by atoms with van der Waals surface area (Å²) in [6.07, 6.45) is 4.17. The molecule has 0 radical (unpaired) electrons. The van der Waals surface area contributed by atoms with Crippen LogP contribution in [0.2, 0.25) is 0 Å². The molecule has 1 aliphatic carbocycles. The summed E-state index contributed by atoms with van der Waals surface area (Å²) in [7, 11) is 0. The maximum atomic E-state index is 12.5. The number of benzene rings is 1. The van der Waals surface area contributed by atoms with Gasteiger partial charge in [0, 0.05) is 11.5 Å². The molecule has 1 aromatic heterocycles. The van der Waals surface area contributed by atoms with Gasteiger partial charge in [-0.3, -0.25) is 4.79 Å². The van der Waals surface area contributed by atoms with Crippen molar-refractivity contribution in [1.82, 2.24) is 15.5 Å². The number of hydrogen-bond donors (Lipinski definition) is 1. The predicted octanol–water partition coefficient (Wildman–Crippen LogP) is 3.47. The van der Waals surface area contributed by atoms with Crippen LogP contribution in [0.5, 0.6) is 11.5 Å². The molecule has 1 saturated carbocycles. The smallest absolute Gasteiger partial charge is 0.249 e. The molecular weight excluding hydrogens is 334 g/mol. The molecule has 0 bridgehead atoms. The zero-order chi connectivity index (χ0) is 18.1. The van der Waals surface area contributed by atoms with Crippen molar-refractivity contribution in [2.75, 3.05) is 6.79 Å². The van der Waals surface area contributed by atoms with Crippen molar-refractivity contribution in [3.8, 4) is 22.9 Å². The summed E-state index contributed by atoms with van der Waals surface area (Å²) in [6.45, 7) is 4.28. The molecule has 1 atom stereocenters. The fourth-order valence-electron chi connectivity index (χ4n) is 3.49. The van der Waals surface area contributed by atoms with Crippen LogP contribution in [0.4, 0.5) is 0 Å². The van der Waals surface area contributed by atoms with Crippen LogP contribution in [0.25, 0.3) is 11.4 Å². The fraction of sp³-hybridized carbons (Fsp3) is 0.526. The first-order chi connectivity index (χ1) is 12.6. The van der Waals surface area contributed by atoms with Gasteiger partial charge in [0.15, 0.2) is 11.5 Å². The Morgan fingerprint density at radius 3 is 2.73 bits per heavy atom. The Morgan fingerprint density at radius 1 is 1.19 bits per heavy atom. The first-order valence-corrected chi connectivity index (χ1v) is 9.16. The number of fused-ring (bicyclic) bond motifs is 1. The van der Waals surface area contributed by atoms with Crippen LogP contribution in [0.1, 0.15) is 51.5 Å². The van der Waals surface area contributed by atoms with Crippen molar-refractivity contribution in [3.63, 3.8) is 0 Å². The Bertz CT molecular complexity index is 796. The quantitative estimate of drug-likeness (QED) is 0.882. The Kier molecular flexibility index (Phi) is 4.53. The van der Waals surface area contributed by atoms with Crippen LogP contribution in [-0.2, 0) is 4.79 Å². The van der Waals surface area contributed by atoms with Gasteiger partial charge in [-0.25, -0.2) is 0 Å². The van der Waals surface area contributed by atoms with Gasteiger partial charge in [0.2, 0.25) is 24.4 Å². The zero-order valence-electron chi connectivity index (χ0n) is 15.0. The van der Waals surface area contributed by atoms with E-state index in [1.165, 1.54) is 0 Å². The minimum absolute atomic E-state index is 0.0871. The largest absolute Gasteiger partial charge is 0.454 e. The van der Waals surface area contributed by atoms with Gasteiger partial charge in [-0.15, -0.1) is 0 Å². The lowest BCUT2D eigenvalue weighted by molar-refractivity contribution is -0.126. The lowest BCUT2D eigenvalue weighted by atomic mass is 10.0. The number of amides is 1. The molecule has 4 rings (SSSR count). The molecule has 26 heavy (non-hydrogen) atoms. The summed E-state index contributed by atoms with van der Waals surface area (Å²) in [5.74, 6) is 2.62. The molecule has 1 amide bonds. The minimum Gasteiger partial charge on any atom is -0.454 e. The molecule has 0 saturated heterocycles. The third kappa shape index (κ3) is 3.25. The lowest BCUT2D eigenvalue weighted by Gasteiger charge is -2.20. The highest BCUT2D eigenvalue weighted by atomic mass is 16.7. The van der Waals surface area contributed by atoms with Gasteiger partial charge in [0.05, 0.1) is 0 Å². The van der Waals surface area contributed by atoms with Gasteiger partial charge in [-0.2, -0.15) is 4.98 Å². The van der Waals surface area contributed by atoms with Crippen LogP contribution in [0, 0.1) is 11.8 Å². The maximum Gasteiger partial charge on any atom is 0.249 e. The van der Waals surface area contributed by atoms with E-state index in [1.807, 2.05) is 32.0 Å². The van der Waals surface area contributed by atoms with Crippen molar-refractivity contribution >= 4 is 5.91 Å². The minimum atomic E-state index is -0.293. The highest BCUT2D eigenvalue weighted by Gasteiger charge is 2.29. The molecule has 0 unspecified atom stereocenters. The normalized spacial score (nSPS) is 17.7. The molecule has 1 aliphatic heterocycles. The lowest BCUT2D eigenvalue weighted by Crippen LogP contribution is -2.35. The van der Waals surface area contributed by atoms with E-state index < -0.39 is 0 Å². The van der Waals surface area contributed by atoms with Crippen molar-refractivity contribution in [3.05, 3.63) is 24.1 Å². The van der Waals surface area contributed by atoms with Crippen LogP contribution >= 0.6 is 0 Å². The van der Waals surface area contributed by atoms with Crippen molar-refractivity contribution in [2.24, 2.45) is 11.8 Å². The van der Waals surface area contributed by atoms with Gasteiger partial charge >= 0.3 is 0 Å². The van der Waals surface area contributed by atoms with Gasteiger partial charge in [0.1, 0.15) is 6.04 Å². The number of ether oxygens (including phenoxy) is 2. The Hall–Kier alpha value is -2.57. The number of rotatable bonds is 5. The molecule has 0 spiro atoms. The summed E-state index contributed by atoms with van der Waals surface area (Å²) in [4.78, 5) is 17.0. The molecule has 7 nitrogen and oxygen atoms in total. The average molecular weight is 357 g/mol. The second-order valence-corrected chi connectivity index (χ2v) is 7.24. The molecule has 1 N–H and O–H groups in total. The molecular formula is C19H23N3O4. The molecule has 2 heterocycles. The van der Waals surface area contributed by atoms with E-state index in [2.05, 4.69) is 15.5 Å². The average Bonchev–Trinajstić information content (AvgIpc) is 3.39. The highest BCUT2D eigenvalue weighted by molar-refractivity contribution is 5.79. The molecule has 2 aromatic rings. The first-order valence-electron chi connectivity index (χ1n) is 9.16. The van der Waals surface area contributed by atoms with Gasteiger partial charge in [-0.1, -0.05) is 31.8 Å². The second-order valence-electron chi connectivity index (χ2n) is 7.24. The number of nitrogens with one attached hydrogen (secondary N) is 1. The van der Waals surface area contributed by atoms with E-state index in [1.54, 1.807) is 0 Å². The van der Waals surface area contributed by atoms with E-state index in [0.29, 0.717) is 23.2 Å². The summed E-state index contributed by atoms with van der Waals surface area (Å²) < 4.78 is 16.2. The SMILES string of the molecule is CC(C)[C@H](NC(=O)C1CCCC1)c1nc(-c2ccc3c(c2)OCO3)no1. The summed E-state index contributed by atoms with van der Waals surface area (Å²) in [6, 6.07) is 5.23. The third-order valence-electron chi connectivity index (χ3n) is 5.03. The highest BCUT2D eigenvalue weighted by Crippen LogP contribution is 2.35. The monoisotopic (exact) mass is 357 g/mol. The molecule has 7 heteroatoms. The standard InChI is InChI=1S/C19H23N3O4/c1-11(2)16(20-18(23)12-5-3-4-6-12)19-21-17(22-26-19)13-7-8-14-15(9-13)25-10-24-14/h7-9,11-12,16H,3-6,10H2,1-2H3,(H,20,23)/t16-/m0/s1. The number of carbonyl (C=O) groups is 1. The summed E-state index contributed by atoms with van der Waals surface area (Å²) in [5.41, 5.74) is 0.786. The zero-order valence-corrected chi connectivity index (χ0v) is 15.0. The van der Waals surface area contributed by atoms with Crippen LogP contribution in [0.3, 0.4) is 0 Å².